The summed E-state index contributed by atoms with van der Waals surface area (Å²) in [5.41, 5.74) is -1.28. The van der Waals surface area contributed by atoms with Gasteiger partial charge in [-0.05, 0) is 30.8 Å². The lowest BCUT2D eigenvalue weighted by atomic mass is 10.2. The number of alkyl halides is 10. The molecule has 0 radical (unpaired) electrons. The van der Waals surface area contributed by atoms with Crippen LogP contribution in [0, 0.1) is 17.0 Å². The van der Waals surface area contributed by atoms with E-state index in [1.165, 1.54) is 0 Å². The van der Waals surface area contributed by atoms with Gasteiger partial charge < -0.3 is 0 Å². The lowest BCUT2D eigenvalue weighted by Gasteiger charge is -2.26. The quantitative estimate of drug-likeness (QED) is 0.253. The summed E-state index contributed by atoms with van der Waals surface area (Å²) in [6.07, 6.45) is -12.1. The van der Waals surface area contributed by atoms with Crippen LogP contribution in [0.3, 0.4) is 0 Å². The van der Waals surface area contributed by atoms with Crippen LogP contribution in [0.1, 0.15) is 11.4 Å². The van der Waals surface area contributed by atoms with Crippen LogP contribution >= 0.6 is 11.8 Å². The predicted octanol–water partition coefficient (Wildman–Crippen LogP) is 5.39. The Morgan fingerprint density at radius 1 is 1.03 bits per heavy atom. The van der Waals surface area contributed by atoms with Gasteiger partial charge in [0.1, 0.15) is 0 Å². The fourth-order valence-corrected chi connectivity index (χ4v) is 2.75. The number of benzene rings is 1. The van der Waals surface area contributed by atoms with Gasteiger partial charge in [0.05, 0.1) is 10.6 Å². The average Bonchev–Trinajstić information content (AvgIpc) is 2.96. The van der Waals surface area contributed by atoms with Crippen molar-refractivity contribution in [1.82, 2.24) is 14.8 Å². The van der Waals surface area contributed by atoms with Crippen LogP contribution in [0.15, 0.2) is 23.4 Å². The molecule has 166 valence electrons. The maximum atomic E-state index is 13.5. The maximum Gasteiger partial charge on any atom is 0.460 e. The molecule has 6 nitrogen and oxygen atoms in total. The van der Waals surface area contributed by atoms with Crippen molar-refractivity contribution in [1.29, 1.82) is 0 Å². The molecule has 0 aliphatic rings. The molecule has 30 heavy (non-hydrogen) atoms. The van der Waals surface area contributed by atoms with Gasteiger partial charge in [0.2, 0.25) is 11.0 Å². The molecule has 17 heteroatoms. The zero-order valence-electron chi connectivity index (χ0n) is 14.0. The third kappa shape index (κ3) is 4.29. The van der Waals surface area contributed by atoms with E-state index in [2.05, 4.69) is 10.1 Å². The molecule has 1 aromatic carbocycles. The average molecular weight is 472 g/mol. The molecule has 2 rings (SSSR count). The van der Waals surface area contributed by atoms with Crippen LogP contribution in [0.5, 0.6) is 0 Å². The zero-order chi connectivity index (χ0) is 23.3. The molecule has 0 amide bonds. The van der Waals surface area contributed by atoms with Gasteiger partial charge in [-0.15, -0.1) is 5.10 Å². The van der Waals surface area contributed by atoms with Crippen molar-refractivity contribution in [2.24, 2.45) is 0 Å². The summed E-state index contributed by atoms with van der Waals surface area (Å²) < 4.78 is 129. The minimum absolute atomic E-state index is 0.152. The molecular formula is C13H6F10N4O2S. The third-order valence-electron chi connectivity index (χ3n) is 3.40. The Labute approximate surface area is 163 Å². The van der Waals surface area contributed by atoms with Crippen molar-refractivity contribution in [3.8, 4) is 5.69 Å². The highest BCUT2D eigenvalue weighted by atomic mass is 32.2. The molecule has 0 atom stereocenters. The third-order valence-corrected chi connectivity index (χ3v) is 4.27. The summed E-state index contributed by atoms with van der Waals surface area (Å²) in [6, 6.07) is 2.27. The summed E-state index contributed by atoms with van der Waals surface area (Å²) >= 11 is -1.62. The number of aryl methyl sites for hydroxylation is 1. The molecule has 0 bridgehead atoms. The SMILES string of the molecule is Cc1cc(-n2nc(SC(F)(F)C(F)(F)C(F)(F)F)nc2C(F)(F)F)ccc1[N+](=O)[O-]. The minimum atomic E-state index is -6.70. The van der Waals surface area contributed by atoms with E-state index in [1.54, 1.807) is 0 Å². The normalized spacial score (nSPS) is 13.6. The molecular weight excluding hydrogens is 466 g/mol. The molecule has 0 fully saturated rings. The van der Waals surface area contributed by atoms with E-state index in [9.17, 15) is 54.0 Å². The number of thioether (sulfide) groups is 1. The summed E-state index contributed by atoms with van der Waals surface area (Å²) in [5, 5.41) is 6.05. The van der Waals surface area contributed by atoms with Crippen LogP contribution in [0.2, 0.25) is 0 Å². The Morgan fingerprint density at radius 2 is 1.60 bits per heavy atom. The maximum absolute atomic E-state index is 13.5. The number of halogens is 10. The van der Waals surface area contributed by atoms with Gasteiger partial charge in [-0.25, -0.2) is 4.68 Å². The van der Waals surface area contributed by atoms with Gasteiger partial charge in [-0.3, -0.25) is 10.1 Å². The van der Waals surface area contributed by atoms with Crippen LogP contribution in [-0.4, -0.2) is 37.0 Å². The Hall–Kier alpha value is -2.59. The van der Waals surface area contributed by atoms with Crippen LogP contribution < -0.4 is 0 Å². The smallest absolute Gasteiger partial charge is 0.258 e. The Balaban J connectivity index is 2.56. The topological polar surface area (TPSA) is 73.8 Å². The van der Waals surface area contributed by atoms with Gasteiger partial charge in [-0.1, -0.05) is 0 Å². The first-order valence-corrected chi connectivity index (χ1v) is 8.01. The molecule has 0 N–H and O–H groups in total. The molecule has 2 aromatic rings. The molecule has 1 heterocycles. The predicted molar refractivity (Wildman–Crippen MR) is 79.6 cm³/mol. The minimum Gasteiger partial charge on any atom is -0.258 e. The van der Waals surface area contributed by atoms with E-state index >= 15 is 0 Å². The molecule has 0 spiro atoms. The summed E-state index contributed by atoms with van der Waals surface area (Å²) in [5.74, 6) is -8.62. The van der Waals surface area contributed by atoms with Gasteiger partial charge >= 0.3 is 23.5 Å². The standard InChI is InChI=1S/C13H6F10N4O2S/c1-5-4-6(2-3-7(5)27(28)29)26-8(10(14,15)16)24-9(25-26)30-13(22,23)11(17,18)12(19,20)21/h2-4H,1H3. The van der Waals surface area contributed by atoms with Gasteiger partial charge in [0.25, 0.3) is 5.69 Å². The number of nitrogens with zero attached hydrogens (tertiary/aromatic N) is 4. The van der Waals surface area contributed by atoms with E-state index in [1.807, 2.05) is 0 Å². The number of nitro benzene ring substituents is 1. The highest BCUT2D eigenvalue weighted by molar-refractivity contribution is 8.00. The van der Waals surface area contributed by atoms with Gasteiger partial charge in [-0.2, -0.15) is 48.9 Å². The second-order valence-corrected chi connectivity index (χ2v) is 6.63. The number of nitro groups is 1. The van der Waals surface area contributed by atoms with E-state index < -0.39 is 62.6 Å². The molecule has 0 saturated heterocycles. The summed E-state index contributed by atoms with van der Waals surface area (Å²) in [6.45, 7) is 1.12. The molecule has 0 aliphatic carbocycles. The first-order valence-electron chi connectivity index (χ1n) is 7.19. The number of aromatic nitrogens is 3. The Kier molecular flexibility index (Phi) is 5.74. The van der Waals surface area contributed by atoms with Crippen LogP contribution in [-0.2, 0) is 6.18 Å². The fraction of sp³-hybridized carbons (Fsp3) is 0.385. The van der Waals surface area contributed by atoms with E-state index in [4.69, 9.17) is 0 Å². The molecule has 1 aromatic heterocycles. The lowest BCUT2D eigenvalue weighted by molar-refractivity contribution is -0.385. The van der Waals surface area contributed by atoms with Crippen molar-refractivity contribution < 1.29 is 48.8 Å². The van der Waals surface area contributed by atoms with Crippen molar-refractivity contribution in [2.75, 3.05) is 0 Å². The fourth-order valence-electron chi connectivity index (χ4n) is 2.02. The van der Waals surface area contributed by atoms with E-state index in [-0.39, 0.29) is 10.2 Å². The zero-order valence-corrected chi connectivity index (χ0v) is 14.8. The number of rotatable bonds is 5. The molecule has 0 unspecified atom stereocenters. The van der Waals surface area contributed by atoms with Crippen LogP contribution in [0.25, 0.3) is 5.69 Å². The van der Waals surface area contributed by atoms with Crippen molar-refractivity contribution in [3.05, 3.63) is 39.7 Å². The van der Waals surface area contributed by atoms with Crippen molar-refractivity contribution >= 4 is 17.4 Å². The lowest BCUT2D eigenvalue weighted by Crippen LogP contribution is -2.50. The van der Waals surface area contributed by atoms with Gasteiger partial charge in [0, 0.05) is 11.6 Å². The van der Waals surface area contributed by atoms with Gasteiger partial charge in [0.15, 0.2) is 0 Å². The van der Waals surface area contributed by atoms with E-state index in [0.29, 0.717) is 0 Å². The monoisotopic (exact) mass is 472 g/mol. The Morgan fingerprint density at radius 3 is 2.03 bits per heavy atom. The summed E-state index contributed by atoms with van der Waals surface area (Å²) in [4.78, 5) is 12.5. The summed E-state index contributed by atoms with van der Waals surface area (Å²) in [7, 11) is 0. The number of hydrogen-bond donors (Lipinski definition) is 0. The first-order chi connectivity index (χ1) is 13.4. The second-order valence-electron chi connectivity index (χ2n) is 5.55. The number of hydrogen-bond acceptors (Lipinski definition) is 5. The van der Waals surface area contributed by atoms with Crippen molar-refractivity contribution in [3.63, 3.8) is 0 Å². The highest BCUT2D eigenvalue weighted by Crippen LogP contribution is 2.53. The molecule has 0 aliphatic heterocycles. The Bertz CT molecular complexity index is 970. The second kappa shape index (κ2) is 7.28. The van der Waals surface area contributed by atoms with E-state index in [0.717, 1.165) is 25.1 Å². The highest BCUT2D eigenvalue weighted by Gasteiger charge is 2.74. The van der Waals surface area contributed by atoms with Crippen LogP contribution in [0.4, 0.5) is 49.6 Å². The molecule has 0 saturated carbocycles. The van der Waals surface area contributed by atoms with Crippen molar-refractivity contribution in [2.45, 2.75) is 35.6 Å². The first kappa shape index (κ1) is 23.7. The largest absolute Gasteiger partial charge is 0.460 e.